The number of esters is 2. The van der Waals surface area contributed by atoms with E-state index in [1.54, 1.807) is 31.4 Å². The normalized spacial score (nSPS) is 10.4. The Labute approximate surface area is 205 Å². The maximum atomic E-state index is 12.0. The molecule has 0 aromatic heterocycles. The first-order chi connectivity index (χ1) is 16.9. The molecular formula is C29H28O6. The van der Waals surface area contributed by atoms with Gasteiger partial charge in [-0.25, -0.2) is 9.59 Å². The van der Waals surface area contributed by atoms with E-state index in [0.29, 0.717) is 29.2 Å². The summed E-state index contributed by atoms with van der Waals surface area (Å²) in [6, 6.07) is 20.3. The molecule has 0 atom stereocenters. The number of benzene rings is 3. The average Bonchev–Trinajstić information content (AvgIpc) is 2.88. The molecule has 0 radical (unpaired) electrons. The van der Waals surface area contributed by atoms with E-state index in [2.05, 4.69) is 13.2 Å². The van der Waals surface area contributed by atoms with Crippen molar-refractivity contribution in [3.63, 3.8) is 0 Å². The lowest BCUT2D eigenvalue weighted by molar-refractivity contribution is -0.131. The van der Waals surface area contributed by atoms with Gasteiger partial charge in [-0.1, -0.05) is 56.5 Å². The summed E-state index contributed by atoms with van der Waals surface area (Å²) in [6.45, 7) is 9.32. The number of rotatable bonds is 10. The summed E-state index contributed by atoms with van der Waals surface area (Å²) in [5.74, 6) is 0.612. The third-order valence-electron chi connectivity index (χ3n) is 5.30. The van der Waals surface area contributed by atoms with Crippen molar-refractivity contribution >= 4 is 11.9 Å². The highest BCUT2D eigenvalue weighted by Gasteiger charge is 2.12. The molecule has 0 unspecified atom stereocenters. The zero-order valence-electron chi connectivity index (χ0n) is 20.1. The van der Waals surface area contributed by atoms with Crippen molar-refractivity contribution in [2.24, 2.45) is 0 Å². The fourth-order valence-corrected chi connectivity index (χ4v) is 3.26. The third-order valence-corrected chi connectivity index (χ3v) is 5.30. The standard InChI is InChI=1S/C29H28O6/c1-6-19(2)28(30)34-25-14-9-22(10-15-25)26-16-11-23(17-27(26)33-5)21-7-12-24(13-8-21)35-29(31)20(3)18-32-4/h7-17H,2-3,6,18H2,1,4-5H3. The van der Waals surface area contributed by atoms with Crippen molar-refractivity contribution < 1.29 is 28.5 Å². The van der Waals surface area contributed by atoms with Crippen LogP contribution >= 0.6 is 0 Å². The van der Waals surface area contributed by atoms with Crippen LogP contribution in [0.2, 0.25) is 0 Å². The quantitative estimate of drug-likeness (QED) is 0.204. The molecule has 6 heteroatoms. The molecule has 0 aliphatic carbocycles. The number of carbonyl (C=O) groups is 2. The maximum Gasteiger partial charge on any atom is 0.341 e. The third kappa shape index (κ3) is 6.46. The second-order valence-corrected chi connectivity index (χ2v) is 7.74. The van der Waals surface area contributed by atoms with Crippen LogP contribution in [0.25, 0.3) is 22.3 Å². The van der Waals surface area contributed by atoms with Crippen LogP contribution in [0.4, 0.5) is 0 Å². The minimum absolute atomic E-state index is 0.117. The molecule has 3 aromatic carbocycles. The molecule has 0 amide bonds. The molecule has 3 rings (SSSR count). The van der Waals surface area contributed by atoms with Crippen LogP contribution in [-0.2, 0) is 14.3 Å². The second-order valence-electron chi connectivity index (χ2n) is 7.74. The van der Waals surface area contributed by atoms with Crippen LogP contribution in [0, 0.1) is 0 Å². The SMILES string of the molecule is C=C(CC)C(=O)Oc1ccc(-c2ccc(-c3ccc(OC(=O)C(=C)COC)cc3)cc2OC)cc1. The van der Waals surface area contributed by atoms with Crippen LogP contribution in [0.5, 0.6) is 17.2 Å². The monoisotopic (exact) mass is 472 g/mol. The second kappa shape index (κ2) is 11.8. The van der Waals surface area contributed by atoms with E-state index < -0.39 is 11.9 Å². The van der Waals surface area contributed by atoms with E-state index in [0.717, 1.165) is 22.3 Å². The Kier molecular flexibility index (Phi) is 8.59. The highest BCUT2D eigenvalue weighted by Crippen LogP contribution is 2.35. The largest absolute Gasteiger partial charge is 0.496 e. The molecule has 35 heavy (non-hydrogen) atoms. The smallest absolute Gasteiger partial charge is 0.341 e. The molecule has 0 aliphatic rings. The van der Waals surface area contributed by atoms with Gasteiger partial charge in [0.2, 0.25) is 0 Å². The summed E-state index contributed by atoms with van der Waals surface area (Å²) < 4.78 is 21.2. The van der Waals surface area contributed by atoms with Crippen LogP contribution in [0.3, 0.4) is 0 Å². The Morgan fingerprint density at radius 3 is 1.74 bits per heavy atom. The number of ether oxygens (including phenoxy) is 4. The fraction of sp³-hybridized carbons (Fsp3) is 0.172. The summed E-state index contributed by atoms with van der Waals surface area (Å²) >= 11 is 0. The molecule has 180 valence electrons. The Bertz CT molecular complexity index is 1220. The van der Waals surface area contributed by atoms with Gasteiger partial charge in [0.15, 0.2) is 0 Å². The van der Waals surface area contributed by atoms with Gasteiger partial charge in [0.05, 0.1) is 19.3 Å². The molecule has 0 aliphatic heterocycles. The van der Waals surface area contributed by atoms with Gasteiger partial charge in [0.25, 0.3) is 0 Å². The lowest BCUT2D eigenvalue weighted by Crippen LogP contribution is -2.13. The van der Waals surface area contributed by atoms with Gasteiger partial charge in [-0.15, -0.1) is 0 Å². The average molecular weight is 473 g/mol. The Morgan fingerprint density at radius 1 is 0.714 bits per heavy atom. The molecule has 6 nitrogen and oxygen atoms in total. The van der Waals surface area contributed by atoms with Crippen LogP contribution in [0.1, 0.15) is 13.3 Å². The molecular weight excluding hydrogens is 444 g/mol. The van der Waals surface area contributed by atoms with Gasteiger partial charge in [-0.3, -0.25) is 0 Å². The maximum absolute atomic E-state index is 12.0. The predicted molar refractivity (Wildman–Crippen MR) is 136 cm³/mol. The van der Waals surface area contributed by atoms with Crippen molar-refractivity contribution in [1.29, 1.82) is 0 Å². The van der Waals surface area contributed by atoms with Crippen molar-refractivity contribution in [3.8, 4) is 39.5 Å². The molecule has 0 N–H and O–H groups in total. The fourth-order valence-electron chi connectivity index (χ4n) is 3.26. The lowest BCUT2D eigenvalue weighted by atomic mass is 9.99. The van der Waals surface area contributed by atoms with Crippen molar-refractivity contribution in [2.75, 3.05) is 20.8 Å². The summed E-state index contributed by atoms with van der Waals surface area (Å²) in [5, 5.41) is 0. The lowest BCUT2D eigenvalue weighted by Gasteiger charge is -2.12. The van der Waals surface area contributed by atoms with Gasteiger partial charge in [0.1, 0.15) is 17.2 Å². The molecule has 0 saturated carbocycles. The minimum atomic E-state index is -0.526. The van der Waals surface area contributed by atoms with E-state index in [4.69, 9.17) is 18.9 Å². The van der Waals surface area contributed by atoms with E-state index in [1.165, 1.54) is 7.11 Å². The van der Waals surface area contributed by atoms with Gasteiger partial charge in [0, 0.05) is 18.2 Å². The van der Waals surface area contributed by atoms with E-state index in [9.17, 15) is 9.59 Å². The van der Waals surface area contributed by atoms with E-state index >= 15 is 0 Å². The first-order valence-electron chi connectivity index (χ1n) is 11.0. The molecule has 0 bridgehead atoms. The van der Waals surface area contributed by atoms with Gasteiger partial charge < -0.3 is 18.9 Å². The van der Waals surface area contributed by atoms with Crippen molar-refractivity contribution in [2.45, 2.75) is 13.3 Å². The van der Waals surface area contributed by atoms with Gasteiger partial charge in [-0.2, -0.15) is 0 Å². The first kappa shape index (κ1) is 25.5. The van der Waals surface area contributed by atoms with Crippen molar-refractivity contribution in [3.05, 3.63) is 91.0 Å². The predicted octanol–water partition coefficient (Wildman–Crippen LogP) is 6.01. The van der Waals surface area contributed by atoms with Gasteiger partial charge in [-0.05, 0) is 53.4 Å². The topological polar surface area (TPSA) is 71.1 Å². The zero-order chi connectivity index (χ0) is 25.4. The summed E-state index contributed by atoms with van der Waals surface area (Å²) in [5.41, 5.74) is 4.36. The number of carbonyl (C=O) groups excluding carboxylic acids is 2. The first-order valence-corrected chi connectivity index (χ1v) is 11.0. The Balaban J connectivity index is 1.76. The zero-order valence-corrected chi connectivity index (χ0v) is 20.1. The van der Waals surface area contributed by atoms with E-state index in [1.807, 2.05) is 49.4 Å². The molecule has 0 spiro atoms. The number of hydrogen-bond acceptors (Lipinski definition) is 6. The molecule has 3 aromatic rings. The Hall–Kier alpha value is -4.16. The van der Waals surface area contributed by atoms with Crippen molar-refractivity contribution in [1.82, 2.24) is 0 Å². The highest BCUT2D eigenvalue weighted by molar-refractivity contribution is 5.90. The van der Waals surface area contributed by atoms with Crippen LogP contribution < -0.4 is 14.2 Å². The summed E-state index contributed by atoms with van der Waals surface area (Å²) in [4.78, 5) is 23.9. The number of hydrogen-bond donors (Lipinski definition) is 0. The Morgan fingerprint density at radius 2 is 1.23 bits per heavy atom. The van der Waals surface area contributed by atoms with Gasteiger partial charge >= 0.3 is 11.9 Å². The highest BCUT2D eigenvalue weighted by atomic mass is 16.5. The minimum Gasteiger partial charge on any atom is -0.496 e. The number of methoxy groups -OCH3 is 2. The summed E-state index contributed by atoms with van der Waals surface area (Å²) in [6.07, 6.45) is 0.540. The molecule has 0 saturated heterocycles. The van der Waals surface area contributed by atoms with Crippen LogP contribution in [0.15, 0.2) is 91.0 Å². The molecule has 0 heterocycles. The summed E-state index contributed by atoms with van der Waals surface area (Å²) in [7, 11) is 3.11. The van der Waals surface area contributed by atoms with Crippen LogP contribution in [-0.4, -0.2) is 32.8 Å². The van der Waals surface area contributed by atoms with E-state index in [-0.39, 0.29) is 12.2 Å². The molecule has 0 fully saturated rings.